The van der Waals surface area contributed by atoms with E-state index < -0.39 is 24.6 Å². The normalized spacial score (nSPS) is 10.2. The van der Waals surface area contributed by atoms with E-state index in [1.807, 2.05) is 0 Å². The Morgan fingerprint density at radius 2 is 2.22 bits per heavy atom. The molecule has 1 N–H and O–H groups in total. The minimum atomic E-state index is -2.85. The number of hydrogen-bond donors (Lipinski definition) is 1. The van der Waals surface area contributed by atoms with Gasteiger partial charge in [-0.1, -0.05) is 0 Å². The lowest BCUT2D eigenvalue weighted by Gasteiger charge is -2.10. The summed E-state index contributed by atoms with van der Waals surface area (Å²) in [7, 11) is 0. The summed E-state index contributed by atoms with van der Waals surface area (Å²) in [6.07, 6.45) is -2.85. The first kappa shape index (κ1) is 14.1. The molecule has 0 atom stereocenters. The van der Waals surface area contributed by atoms with Gasteiger partial charge in [0.2, 0.25) is 0 Å². The Kier molecular flexibility index (Phi) is 4.75. The van der Waals surface area contributed by atoms with Gasteiger partial charge in [-0.05, 0) is 24.6 Å². The van der Waals surface area contributed by atoms with Crippen LogP contribution in [-0.2, 0) is 11.3 Å². The molecular weight excluding hydrogens is 244 g/mol. The van der Waals surface area contributed by atoms with Crippen molar-refractivity contribution in [1.29, 1.82) is 5.26 Å². The van der Waals surface area contributed by atoms with Crippen LogP contribution in [0.3, 0.4) is 0 Å². The second-order valence-electron chi connectivity index (χ2n) is 3.39. The van der Waals surface area contributed by atoms with Crippen molar-refractivity contribution in [3.8, 4) is 6.07 Å². The fraction of sp³-hybridized carbons (Fsp3) is 0.333. The van der Waals surface area contributed by atoms with E-state index in [0.717, 1.165) is 12.1 Å². The highest BCUT2D eigenvalue weighted by atomic mass is 19.3. The Hall–Kier alpha value is -2.00. The van der Waals surface area contributed by atoms with Crippen LogP contribution in [0.4, 0.5) is 8.78 Å². The van der Waals surface area contributed by atoms with Crippen molar-refractivity contribution in [3.05, 3.63) is 34.4 Å². The fourth-order valence-corrected chi connectivity index (χ4v) is 1.47. The summed E-state index contributed by atoms with van der Waals surface area (Å²) in [5, 5.41) is 17.8. The van der Waals surface area contributed by atoms with Gasteiger partial charge in [-0.3, -0.25) is 0 Å². The third kappa shape index (κ3) is 2.81. The number of alkyl halides is 2. The van der Waals surface area contributed by atoms with Gasteiger partial charge in [-0.25, -0.2) is 13.6 Å². The van der Waals surface area contributed by atoms with Gasteiger partial charge in [0.05, 0.1) is 30.4 Å². The van der Waals surface area contributed by atoms with Crippen LogP contribution in [0.5, 0.6) is 0 Å². The highest BCUT2D eigenvalue weighted by Gasteiger charge is 2.20. The Bertz CT molecular complexity index is 495. The van der Waals surface area contributed by atoms with Gasteiger partial charge in [-0.2, -0.15) is 5.26 Å². The van der Waals surface area contributed by atoms with Crippen LogP contribution >= 0.6 is 0 Å². The molecule has 0 aliphatic rings. The molecule has 0 bridgehead atoms. The van der Waals surface area contributed by atoms with E-state index in [-0.39, 0.29) is 23.3 Å². The van der Waals surface area contributed by atoms with Crippen LogP contribution in [0.15, 0.2) is 12.1 Å². The summed E-state index contributed by atoms with van der Waals surface area (Å²) in [5.74, 6) is -0.751. The van der Waals surface area contributed by atoms with Crippen LogP contribution in [0.1, 0.15) is 40.4 Å². The van der Waals surface area contributed by atoms with Crippen molar-refractivity contribution < 1.29 is 23.4 Å². The van der Waals surface area contributed by atoms with Crippen molar-refractivity contribution >= 4 is 5.97 Å². The van der Waals surface area contributed by atoms with Gasteiger partial charge in [0, 0.05) is 5.56 Å². The third-order valence-electron chi connectivity index (χ3n) is 2.30. The zero-order valence-corrected chi connectivity index (χ0v) is 9.61. The maximum absolute atomic E-state index is 12.7. The molecule has 0 unspecified atom stereocenters. The molecule has 0 saturated carbocycles. The SMILES string of the molecule is CCOC(=O)c1cc(C#N)c(C(F)F)cc1CO. The van der Waals surface area contributed by atoms with Crippen LogP contribution < -0.4 is 0 Å². The highest BCUT2D eigenvalue weighted by Crippen LogP contribution is 2.26. The molecule has 1 aromatic rings. The fourth-order valence-electron chi connectivity index (χ4n) is 1.47. The molecule has 0 aromatic heterocycles. The largest absolute Gasteiger partial charge is 0.462 e. The number of nitrogens with zero attached hydrogens (tertiary/aromatic N) is 1. The molecule has 0 aliphatic carbocycles. The first-order valence-electron chi connectivity index (χ1n) is 5.18. The van der Waals surface area contributed by atoms with Gasteiger partial charge >= 0.3 is 5.97 Å². The first-order chi connectivity index (χ1) is 8.54. The van der Waals surface area contributed by atoms with Gasteiger partial charge in [-0.15, -0.1) is 0 Å². The summed E-state index contributed by atoms with van der Waals surface area (Å²) in [6.45, 7) is 1.12. The van der Waals surface area contributed by atoms with Gasteiger partial charge < -0.3 is 9.84 Å². The topological polar surface area (TPSA) is 70.3 Å². The molecule has 0 radical (unpaired) electrons. The predicted molar refractivity (Wildman–Crippen MR) is 58.0 cm³/mol. The molecule has 6 heteroatoms. The van der Waals surface area contributed by atoms with E-state index >= 15 is 0 Å². The second-order valence-corrected chi connectivity index (χ2v) is 3.39. The summed E-state index contributed by atoms with van der Waals surface area (Å²) in [6, 6.07) is 3.57. The maximum atomic E-state index is 12.7. The van der Waals surface area contributed by atoms with E-state index in [1.165, 1.54) is 0 Å². The van der Waals surface area contributed by atoms with Crippen LogP contribution in [0.2, 0.25) is 0 Å². The van der Waals surface area contributed by atoms with E-state index in [9.17, 15) is 13.6 Å². The molecule has 0 amide bonds. The molecule has 0 saturated heterocycles. The number of rotatable bonds is 4. The number of aliphatic hydroxyl groups excluding tert-OH is 1. The number of halogens is 2. The standard InChI is InChI=1S/C12H11F2NO3/c1-2-18-12(17)10-3-7(5-15)9(11(13)14)4-8(10)6-16/h3-4,11,16H,2,6H2,1H3. The van der Waals surface area contributed by atoms with E-state index in [2.05, 4.69) is 0 Å². The lowest BCUT2D eigenvalue weighted by molar-refractivity contribution is 0.0522. The number of esters is 1. The zero-order valence-electron chi connectivity index (χ0n) is 9.61. The highest BCUT2D eigenvalue weighted by molar-refractivity contribution is 5.91. The Morgan fingerprint density at radius 1 is 1.56 bits per heavy atom. The Morgan fingerprint density at radius 3 is 2.67 bits per heavy atom. The van der Waals surface area contributed by atoms with E-state index in [4.69, 9.17) is 15.1 Å². The number of carbonyl (C=O) groups excluding carboxylic acids is 1. The molecule has 1 rings (SSSR count). The monoisotopic (exact) mass is 255 g/mol. The smallest absolute Gasteiger partial charge is 0.338 e. The van der Waals surface area contributed by atoms with Crippen molar-refractivity contribution in [3.63, 3.8) is 0 Å². The van der Waals surface area contributed by atoms with Crippen LogP contribution in [0.25, 0.3) is 0 Å². The molecular formula is C12H11F2NO3. The van der Waals surface area contributed by atoms with Crippen molar-refractivity contribution in [2.75, 3.05) is 6.61 Å². The second kappa shape index (κ2) is 6.07. The molecule has 18 heavy (non-hydrogen) atoms. The Labute approximate surface area is 102 Å². The minimum Gasteiger partial charge on any atom is -0.462 e. The van der Waals surface area contributed by atoms with Crippen LogP contribution in [0, 0.1) is 11.3 Å². The molecule has 1 aromatic carbocycles. The minimum absolute atomic E-state index is 0.0164. The average Bonchev–Trinajstić information content (AvgIpc) is 2.37. The number of carbonyl (C=O) groups is 1. The van der Waals surface area contributed by atoms with Crippen molar-refractivity contribution in [1.82, 2.24) is 0 Å². The molecule has 0 aliphatic heterocycles. The van der Waals surface area contributed by atoms with Gasteiger partial charge in [0.15, 0.2) is 0 Å². The Balaban J connectivity index is 3.36. The number of hydrogen-bond acceptors (Lipinski definition) is 4. The van der Waals surface area contributed by atoms with Crippen LogP contribution in [-0.4, -0.2) is 17.7 Å². The lowest BCUT2D eigenvalue weighted by Crippen LogP contribution is -2.10. The average molecular weight is 255 g/mol. The quantitative estimate of drug-likeness (QED) is 0.837. The summed E-state index contributed by atoms with van der Waals surface area (Å²) in [5.41, 5.74) is -0.858. The lowest BCUT2D eigenvalue weighted by atomic mass is 9.99. The van der Waals surface area contributed by atoms with Crippen molar-refractivity contribution in [2.45, 2.75) is 20.0 Å². The molecule has 0 spiro atoms. The maximum Gasteiger partial charge on any atom is 0.338 e. The van der Waals surface area contributed by atoms with E-state index in [0.29, 0.717) is 0 Å². The predicted octanol–water partition coefficient (Wildman–Crippen LogP) is 2.16. The molecule has 0 fully saturated rings. The summed E-state index contributed by atoms with van der Waals surface area (Å²) < 4.78 is 30.0. The number of aliphatic hydroxyl groups is 1. The summed E-state index contributed by atoms with van der Waals surface area (Å²) >= 11 is 0. The van der Waals surface area contributed by atoms with E-state index in [1.54, 1.807) is 13.0 Å². The van der Waals surface area contributed by atoms with Crippen molar-refractivity contribution in [2.24, 2.45) is 0 Å². The number of benzene rings is 1. The molecule has 0 heterocycles. The third-order valence-corrected chi connectivity index (χ3v) is 2.30. The number of nitriles is 1. The summed E-state index contributed by atoms with van der Waals surface area (Å²) in [4.78, 5) is 11.5. The number of ether oxygens (including phenoxy) is 1. The molecule has 96 valence electrons. The first-order valence-corrected chi connectivity index (χ1v) is 5.18. The molecule has 4 nitrogen and oxygen atoms in total. The van der Waals surface area contributed by atoms with Gasteiger partial charge in [0.1, 0.15) is 0 Å². The zero-order chi connectivity index (χ0) is 13.7. The van der Waals surface area contributed by atoms with Gasteiger partial charge in [0.25, 0.3) is 6.43 Å².